The molecule has 1 aromatic carbocycles. The van der Waals surface area contributed by atoms with E-state index >= 15 is 0 Å². The molecule has 0 radical (unpaired) electrons. The monoisotopic (exact) mass is 317 g/mol. The van der Waals surface area contributed by atoms with Crippen LogP contribution in [0.5, 0.6) is 11.5 Å². The minimum absolute atomic E-state index is 0.0305. The van der Waals surface area contributed by atoms with Crippen LogP contribution >= 0.6 is 0 Å². The van der Waals surface area contributed by atoms with Crippen LogP contribution in [-0.4, -0.2) is 62.1 Å². The first-order valence-electron chi connectivity index (χ1n) is 7.73. The third-order valence-electron chi connectivity index (χ3n) is 4.25. The number of piperazine rings is 1. The Kier molecular flexibility index (Phi) is 5.83. The highest BCUT2D eigenvalue weighted by molar-refractivity contribution is 5.97. The number of methoxy groups -OCH3 is 2. The second-order valence-electron chi connectivity index (χ2n) is 5.61. The average Bonchev–Trinajstić information content (AvgIpc) is 2.60. The largest absolute Gasteiger partial charge is 0.497 e. The summed E-state index contributed by atoms with van der Waals surface area (Å²) < 4.78 is 10.5. The molecule has 1 fully saturated rings. The summed E-state index contributed by atoms with van der Waals surface area (Å²) in [6.45, 7) is 4.93. The number of nitrogens with zero attached hydrogens (tertiary/aromatic N) is 3. The fraction of sp³-hybridized carbons (Fsp3) is 0.529. The van der Waals surface area contributed by atoms with Gasteiger partial charge in [-0.05, 0) is 19.1 Å². The van der Waals surface area contributed by atoms with E-state index in [0.717, 1.165) is 13.1 Å². The van der Waals surface area contributed by atoms with Gasteiger partial charge in [-0.3, -0.25) is 9.69 Å². The van der Waals surface area contributed by atoms with Crippen molar-refractivity contribution in [3.63, 3.8) is 0 Å². The smallest absolute Gasteiger partial charge is 0.257 e. The Hall–Kier alpha value is -2.26. The lowest BCUT2D eigenvalue weighted by atomic mass is 10.1. The maximum absolute atomic E-state index is 12.7. The molecular formula is C17H23N3O3. The summed E-state index contributed by atoms with van der Waals surface area (Å²) >= 11 is 0. The first kappa shape index (κ1) is 17.1. The number of ether oxygens (including phenoxy) is 2. The summed E-state index contributed by atoms with van der Waals surface area (Å²) in [5, 5.41) is 8.79. The van der Waals surface area contributed by atoms with Gasteiger partial charge in [0.05, 0.1) is 32.3 Å². The van der Waals surface area contributed by atoms with E-state index in [1.54, 1.807) is 32.4 Å². The number of carbonyl (C=O) groups is 1. The minimum atomic E-state index is -0.0305. The molecule has 1 aliphatic rings. The van der Waals surface area contributed by atoms with Crippen molar-refractivity contribution in [3.8, 4) is 17.6 Å². The fourth-order valence-electron chi connectivity index (χ4n) is 2.77. The van der Waals surface area contributed by atoms with Crippen molar-refractivity contribution in [2.24, 2.45) is 0 Å². The maximum Gasteiger partial charge on any atom is 0.257 e. The normalized spacial score (nSPS) is 16.5. The first-order chi connectivity index (χ1) is 11.1. The van der Waals surface area contributed by atoms with Crippen molar-refractivity contribution in [2.45, 2.75) is 19.4 Å². The van der Waals surface area contributed by atoms with Crippen LogP contribution in [0.25, 0.3) is 0 Å². The molecular weight excluding hydrogens is 294 g/mol. The molecule has 1 amide bonds. The Bertz CT molecular complexity index is 589. The number of benzene rings is 1. The highest BCUT2D eigenvalue weighted by atomic mass is 16.5. The standard InChI is InChI=1S/C17H23N3O3/c1-13(6-7-18)19-8-10-20(11-9-19)17(21)15-5-4-14(22-2)12-16(15)23-3/h4-5,12-13H,6,8-11H2,1-3H3/t13-/m0/s1. The quantitative estimate of drug-likeness (QED) is 0.828. The van der Waals surface area contributed by atoms with Crippen molar-refractivity contribution < 1.29 is 14.3 Å². The van der Waals surface area contributed by atoms with Crippen LogP contribution in [0, 0.1) is 11.3 Å². The molecule has 0 bridgehead atoms. The van der Waals surface area contributed by atoms with Crippen LogP contribution in [0.2, 0.25) is 0 Å². The third-order valence-corrected chi connectivity index (χ3v) is 4.25. The highest BCUT2D eigenvalue weighted by Gasteiger charge is 2.26. The van der Waals surface area contributed by atoms with E-state index in [9.17, 15) is 4.79 Å². The summed E-state index contributed by atoms with van der Waals surface area (Å²) in [5.74, 6) is 1.15. The summed E-state index contributed by atoms with van der Waals surface area (Å²) in [4.78, 5) is 16.8. The number of hydrogen-bond acceptors (Lipinski definition) is 5. The number of amides is 1. The van der Waals surface area contributed by atoms with Crippen LogP contribution in [-0.2, 0) is 0 Å². The molecule has 2 rings (SSSR count). The maximum atomic E-state index is 12.7. The van der Waals surface area contributed by atoms with Gasteiger partial charge in [-0.2, -0.15) is 5.26 Å². The van der Waals surface area contributed by atoms with Gasteiger partial charge in [0, 0.05) is 38.3 Å². The molecule has 0 unspecified atom stereocenters. The Morgan fingerprint density at radius 1 is 1.26 bits per heavy atom. The zero-order valence-corrected chi connectivity index (χ0v) is 13.9. The van der Waals surface area contributed by atoms with Gasteiger partial charge in [0.2, 0.25) is 0 Å². The zero-order chi connectivity index (χ0) is 16.8. The minimum Gasteiger partial charge on any atom is -0.497 e. The van der Waals surface area contributed by atoms with Gasteiger partial charge in [0.15, 0.2) is 0 Å². The summed E-state index contributed by atoms with van der Waals surface area (Å²) in [5.41, 5.74) is 0.548. The first-order valence-corrected chi connectivity index (χ1v) is 7.73. The summed E-state index contributed by atoms with van der Waals surface area (Å²) in [7, 11) is 3.13. The SMILES string of the molecule is COc1ccc(C(=O)N2CCN([C@@H](C)CC#N)CC2)c(OC)c1. The molecule has 0 aromatic heterocycles. The van der Waals surface area contributed by atoms with Crippen LogP contribution in [0.1, 0.15) is 23.7 Å². The van der Waals surface area contributed by atoms with Crippen molar-refractivity contribution in [1.82, 2.24) is 9.80 Å². The highest BCUT2D eigenvalue weighted by Crippen LogP contribution is 2.26. The fourth-order valence-corrected chi connectivity index (χ4v) is 2.77. The van der Waals surface area contributed by atoms with Gasteiger partial charge in [0.25, 0.3) is 5.91 Å². The second-order valence-corrected chi connectivity index (χ2v) is 5.61. The summed E-state index contributed by atoms with van der Waals surface area (Å²) in [6, 6.07) is 7.66. The summed E-state index contributed by atoms with van der Waals surface area (Å²) in [6.07, 6.45) is 0.514. The average molecular weight is 317 g/mol. The van der Waals surface area contributed by atoms with E-state index in [0.29, 0.717) is 36.6 Å². The van der Waals surface area contributed by atoms with Crippen LogP contribution in [0.3, 0.4) is 0 Å². The van der Waals surface area contributed by atoms with E-state index in [1.807, 2.05) is 11.8 Å². The van der Waals surface area contributed by atoms with Crippen molar-refractivity contribution in [2.75, 3.05) is 40.4 Å². The Morgan fingerprint density at radius 2 is 1.96 bits per heavy atom. The van der Waals surface area contributed by atoms with Crippen molar-refractivity contribution >= 4 is 5.91 Å². The Morgan fingerprint density at radius 3 is 2.52 bits per heavy atom. The zero-order valence-electron chi connectivity index (χ0n) is 13.9. The number of carbonyl (C=O) groups excluding carboxylic acids is 1. The van der Waals surface area contributed by atoms with Gasteiger partial charge in [-0.25, -0.2) is 0 Å². The molecule has 1 aromatic rings. The lowest BCUT2D eigenvalue weighted by Crippen LogP contribution is -2.51. The second kappa shape index (κ2) is 7.84. The van der Waals surface area contributed by atoms with E-state index < -0.39 is 0 Å². The van der Waals surface area contributed by atoms with Crippen LogP contribution in [0.4, 0.5) is 0 Å². The van der Waals surface area contributed by atoms with Gasteiger partial charge in [-0.15, -0.1) is 0 Å². The lowest BCUT2D eigenvalue weighted by Gasteiger charge is -2.37. The predicted octanol–water partition coefficient (Wildman–Crippen LogP) is 1.76. The predicted molar refractivity (Wildman–Crippen MR) is 86.7 cm³/mol. The number of rotatable bonds is 5. The van der Waals surface area contributed by atoms with Gasteiger partial charge in [0.1, 0.15) is 11.5 Å². The molecule has 0 saturated carbocycles. The molecule has 6 nitrogen and oxygen atoms in total. The number of hydrogen-bond donors (Lipinski definition) is 0. The van der Waals surface area contributed by atoms with E-state index in [4.69, 9.17) is 14.7 Å². The molecule has 23 heavy (non-hydrogen) atoms. The molecule has 6 heteroatoms. The molecule has 0 spiro atoms. The van der Waals surface area contributed by atoms with Gasteiger partial charge in [-0.1, -0.05) is 0 Å². The van der Waals surface area contributed by atoms with Crippen molar-refractivity contribution in [3.05, 3.63) is 23.8 Å². The third kappa shape index (κ3) is 3.93. The Labute approximate surface area is 137 Å². The molecule has 124 valence electrons. The van der Waals surface area contributed by atoms with E-state index in [-0.39, 0.29) is 11.9 Å². The van der Waals surface area contributed by atoms with Crippen LogP contribution < -0.4 is 9.47 Å². The molecule has 0 aliphatic carbocycles. The van der Waals surface area contributed by atoms with Crippen molar-refractivity contribution in [1.29, 1.82) is 5.26 Å². The van der Waals surface area contributed by atoms with E-state index in [1.165, 1.54) is 0 Å². The molecule has 1 heterocycles. The topological polar surface area (TPSA) is 65.8 Å². The van der Waals surface area contributed by atoms with Crippen LogP contribution in [0.15, 0.2) is 18.2 Å². The molecule has 0 N–H and O–H groups in total. The Balaban J connectivity index is 2.04. The molecule has 1 saturated heterocycles. The van der Waals surface area contributed by atoms with Gasteiger partial charge >= 0.3 is 0 Å². The number of nitriles is 1. The molecule has 1 aliphatic heterocycles. The van der Waals surface area contributed by atoms with E-state index in [2.05, 4.69) is 11.0 Å². The molecule has 1 atom stereocenters. The van der Waals surface area contributed by atoms with Gasteiger partial charge < -0.3 is 14.4 Å². The lowest BCUT2D eigenvalue weighted by molar-refractivity contribution is 0.0583.